The number of phenols is 2. The molecule has 4 aromatic rings. The van der Waals surface area contributed by atoms with Crippen LogP contribution in [0.4, 0.5) is 13.2 Å². The van der Waals surface area contributed by atoms with E-state index in [4.69, 9.17) is 0 Å². The molecule has 0 atom stereocenters. The van der Waals surface area contributed by atoms with Crippen molar-refractivity contribution in [3.63, 3.8) is 0 Å². The molecule has 0 aliphatic rings. The number of rotatable bonds is 3. The molecule has 6 heteroatoms. The zero-order chi connectivity index (χ0) is 21.3. The Morgan fingerprint density at radius 1 is 0.633 bits per heavy atom. The second-order valence-corrected chi connectivity index (χ2v) is 6.77. The van der Waals surface area contributed by atoms with Gasteiger partial charge in [-0.2, -0.15) is 13.2 Å². The number of pyridine rings is 1. The summed E-state index contributed by atoms with van der Waals surface area (Å²) in [7, 11) is 0. The highest BCUT2D eigenvalue weighted by Crippen LogP contribution is 2.35. The third kappa shape index (κ3) is 3.98. The summed E-state index contributed by atoms with van der Waals surface area (Å²) in [6, 6.07) is 21.5. The molecule has 0 saturated heterocycles. The quantitative estimate of drug-likeness (QED) is 0.407. The highest BCUT2D eigenvalue weighted by molar-refractivity contribution is 5.78. The summed E-state index contributed by atoms with van der Waals surface area (Å²) < 4.78 is 38.7. The zero-order valence-electron chi connectivity index (χ0n) is 15.6. The molecule has 3 aromatic carbocycles. The monoisotopic (exact) mass is 407 g/mol. The third-order valence-corrected chi connectivity index (χ3v) is 4.69. The van der Waals surface area contributed by atoms with E-state index in [1.807, 2.05) is 0 Å². The molecule has 0 fully saturated rings. The number of aromatic nitrogens is 1. The van der Waals surface area contributed by atoms with Crippen molar-refractivity contribution in [2.75, 3.05) is 0 Å². The molecule has 1 aromatic heterocycles. The first-order valence-corrected chi connectivity index (χ1v) is 9.09. The third-order valence-electron chi connectivity index (χ3n) is 4.69. The second-order valence-electron chi connectivity index (χ2n) is 6.77. The van der Waals surface area contributed by atoms with Gasteiger partial charge in [-0.25, -0.2) is 4.98 Å². The van der Waals surface area contributed by atoms with Crippen LogP contribution >= 0.6 is 0 Å². The summed E-state index contributed by atoms with van der Waals surface area (Å²) in [6.45, 7) is 0. The summed E-state index contributed by atoms with van der Waals surface area (Å²) in [4.78, 5) is 4.61. The number of benzene rings is 3. The predicted molar refractivity (Wildman–Crippen MR) is 109 cm³/mol. The SMILES string of the molecule is Oc1cccc(-c2cc(-c3ccc(C(F)(F)F)cc3)cc(-c3ccccc3O)n2)c1. The van der Waals surface area contributed by atoms with Gasteiger partial charge in [0.25, 0.3) is 0 Å². The molecule has 2 N–H and O–H groups in total. The molecule has 3 nitrogen and oxygen atoms in total. The molecule has 0 aliphatic carbocycles. The molecule has 0 spiro atoms. The normalized spacial score (nSPS) is 11.4. The van der Waals surface area contributed by atoms with Gasteiger partial charge in [0.2, 0.25) is 0 Å². The van der Waals surface area contributed by atoms with E-state index in [1.165, 1.54) is 24.3 Å². The van der Waals surface area contributed by atoms with E-state index in [2.05, 4.69) is 4.98 Å². The number of hydrogen-bond acceptors (Lipinski definition) is 3. The van der Waals surface area contributed by atoms with E-state index in [0.717, 1.165) is 12.1 Å². The van der Waals surface area contributed by atoms with Gasteiger partial charge in [0.05, 0.1) is 17.0 Å². The van der Waals surface area contributed by atoms with Crippen molar-refractivity contribution in [2.45, 2.75) is 6.18 Å². The number of halogens is 3. The maximum atomic E-state index is 12.9. The Balaban J connectivity index is 1.89. The minimum absolute atomic E-state index is 0.0384. The van der Waals surface area contributed by atoms with E-state index in [-0.39, 0.29) is 11.5 Å². The molecular weight excluding hydrogens is 391 g/mol. The van der Waals surface area contributed by atoms with E-state index in [0.29, 0.717) is 33.6 Å². The summed E-state index contributed by atoms with van der Waals surface area (Å²) in [5.74, 6) is 0.106. The molecule has 0 unspecified atom stereocenters. The van der Waals surface area contributed by atoms with Gasteiger partial charge < -0.3 is 10.2 Å². The summed E-state index contributed by atoms with van der Waals surface area (Å²) in [6.07, 6.45) is -4.41. The maximum Gasteiger partial charge on any atom is 0.416 e. The van der Waals surface area contributed by atoms with Crippen molar-refractivity contribution in [2.24, 2.45) is 0 Å². The molecule has 150 valence electrons. The van der Waals surface area contributed by atoms with E-state index < -0.39 is 11.7 Å². The van der Waals surface area contributed by atoms with Crippen LogP contribution in [0, 0.1) is 0 Å². The van der Waals surface area contributed by atoms with Gasteiger partial charge in [-0.3, -0.25) is 0 Å². The summed E-state index contributed by atoms with van der Waals surface area (Å²) in [5, 5.41) is 20.1. The Kier molecular flexibility index (Phi) is 4.91. The van der Waals surface area contributed by atoms with Crippen LogP contribution in [0.1, 0.15) is 5.56 Å². The smallest absolute Gasteiger partial charge is 0.416 e. The molecule has 0 bridgehead atoms. The lowest BCUT2D eigenvalue weighted by molar-refractivity contribution is -0.137. The number of aromatic hydroxyl groups is 2. The number of alkyl halides is 3. The number of hydrogen-bond donors (Lipinski definition) is 2. The van der Waals surface area contributed by atoms with Crippen LogP contribution < -0.4 is 0 Å². The van der Waals surface area contributed by atoms with E-state index in [1.54, 1.807) is 48.5 Å². The van der Waals surface area contributed by atoms with Crippen molar-refractivity contribution < 1.29 is 23.4 Å². The van der Waals surface area contributed by atoms with Crippen LogP contribution in [0.2, 0.25) is 0 Å². The fourth-order valence-electron chi connectivity index (χ4n) is 3.19. The highest BCUT2D eigenvalue weighted by atomic mass is 19.4. The predicted octanol–water partition coefficient (Wildman–Crippen LogP) is 6.51. The fourth-order valence-corrected chi connectivity index (χ4v) is 3.19. The Morgan fingerprint density at radius 2 is 1.33 bits per heavy atom. The van der Waals surface area contributed by atoms with E-state index in [9.17, 15) is 23.4 Å². The lowest BCUT2D eigenvalue weighted by atomic mass is 9.99. The van der Waals surface area contributed by atoms with Gasteiger partial charge in [-0.05, 0) is 59.7 Å². The van der Waals surface area contributed by atoms with Crippen LogP contribution in [0.15, 0.2) is 84.9 Å². The molecule has 0 amide bonds. The zero-order valence-corrected chi connectivity index (χ0v) is 15.6. The van der Waals surface area contributed by atoms with Crippen LogP contribution in [-0.2, 0) is 6.18 Å². The Labute approximate surface area is 170 Å². The average Bonchev–Trinajstić information content (AvgIpc) is 2.73. The second kappa shape index (κ2) is 7.55. The van der Waals surface area contributed by atoms with Crippen LogP contribution in [0.25, 0.3) is 33.6 Å². The average molecular weight is 407 g/mol. The largest absolute Gasteiger partial charge is 0.508 e. The Morgan fingerprint density at radius 3 is 2.00 bits per heavy atom. The molecule has 4 rings (SSSR count). The van der Waals surface area contributed by atoms with E-state index >= 15 is 0 Å². The van der Waals surface area contributed by atoms with Crippen LogP contribution in [0.5, 0.6) is 11.5 Å². The van der Waals surface area contributed by atoms with Gasteiger partial charge in [0, 0.05) is 11.1 Å². The molecule has 0 aliphatic heterocycles. The number of nitrogens with zero attached hydrogens (tertiary/aromatic N) is 1. The molecule has 1 heterocycles. The van der Waals surface area contributed by atoms with Gasteiger partial charge in [-0.1, -0.05) is 36.4 Å². The minimum atomic E-state index is -4.41. The van der Waals surface area contributed by atoms with Crippen LogP contribution in [-0.4, -0.2) is 15.2 Å². The van der Waals surface area contributed by atoms with Gasteiger partial charge in [0.1, 0.15) is 11.5 Å². The van der Waals surface area contributed by atoms with Crippen molar-refractivity contribution in [1.82, 2.24) is 4.98 Å². The maximum absolute atomic E-state index is 12.9. The lowest BCUT2D eigenvalue weighted by Crippen LogP contribution is -2.04. The van der Waals surface area contributed by atoms with Gasteiger partial charge in [-0.15, -0.1) is 0 Å². The standard InChI is InChI=1S/C24H16F3NO2/c25-24(26,27)18-10-8-15(9-11-18)17-13-21(16-4-3-5-19(29)12-16)28-22(14-17)20-6-1-2-7-23(20)30/h1-14,29-30H. The first kappa shape index (κ1) is 19.5. The number of para-hydroxylation sites is 1. The van der Waals surface area contributed by atoms with Gasteiger partial charge >= 0.3 is 6.18 Å². The van der Waals surface area contributed by atoms with Crippen molar-refractivity contribution in [3.05, 3.63) is 90.5 Å². The minimum Gasteiger partial charge on any atom is -0.508 e. The van der Waals surface area contributed by atoms with Crippen molar-refractivity contribution in [3.8, 4) is 45.1 Å². The highest BCUT2D eigenvalue weighted by Gasteiger charge is 2.30. The van der Waals surface area contributed by atoms with Crippen molar-refractivity contribution in [1.29, 1.82) is 0 Å². The Bertz CT molecular complexity index is 1200. The molecular formula is C24H16F3NO2. The number of phenolic OH excluding ortho intramolecular Hbond substituents is 2. The topological polar surface area (TPSA) is 53.4 Å². The Hall–Kier alpha value is -3.80. The van der Waals surface area contributed by atoms with Crippen LogP contribution in [0.3, 0.4) is 0 Å². The summed E-state index contributed by atoms with van der Waals surface area (Å²) >= 11 is 0. The van der Waals surface area contributed by atoms with Crippen molar-refractivity contribution >= 4 is 0 Å². The molecule has 0 radical (unpaired) electrons. The molecule has 30 heavy (non-hydrogen) atoms. The molecule has 0 saturated carbocycles. The lowest BCUT2D eigenvalue weighted by Gasteiger charge is -2.12. The first-order valence-electron chi connectivity index (χ1n) is 9.09. The fraction of sp³-hybridized carbons (Fsp3) is 0.0417. The first-order chi connectivity index (χ1) is 14.3. The van der Waals surface area contributed by atoms with Gasteiger partial charge in [0.15, 0.2) is 0 Å². The summed E-state index contributed by atoms with van der Waals surface area (Å²) in [5.41, 5.74) is 2.59.